The number of carbonyl (C=O) groups excluding carboxylic acids is 1. The average Bonchev–Trinajstić information content (AvgIpc) is 2.81. The summed E-state index contributed by atoms with van der Waals surface area (Å²) < 4.78 is 2.07. The van der Waals surface area contributed by atoms with E-state index in [0.29, 0.717) is 0 Å². The highest BCUT2D eigenvalue weighted by Crippen LogP contribution is 2.33. The Bertz CT molecular complexity index is 797. The normalized spacial score (nSPS) is 10.7. The van der Waals surface area contributed by atoms with Crippen molar-refractivity contribution in [1.29, 1.82) is 0 Å². The zero-order valence-electron chi connectivity index (χ0n) is 11.3. The number of carbonyl (C=O) groups is 1. The first-order valence-electron chi connectivity index (χ1n) is 6.53. The zero-order chi connectivity index (χ0) is 14.1. The standard InChI is InChI=1S/C18H15NO/c1-3-16(20)17-14-11-7-8-12-15(14)19(2)18(17)13-9-5-4-6-10-13/h3-12H,1H2,2H3. The van der Waals surface area contributed by atoms with Crippen LogP contribution in [-0.2, 0) is 7.05 Å². The minimum Gasteiger partial charge on any atom is -0.343 e. The smallest absolute Gasteiger partial charge is 0.188 e. The third kappa shape index (κ3) is 1.77. The highest BCUT2D eigenvalue weighted by Gasteiger charge is 2.19. The summed E-state index contributed by atoms with van der Waals surface area (Å²) >= 11 is 0. The van der Waals surface area contributed by atoms with Gasteiger partial charge >= 0.3 is 0 Å². The lowest BCUT2D eigenvalue weighted by atomic mass is 10.0. The fraction of sp³-hybridized carbons (Fsp3) is 0.0556. The molecule has 2 nitrogen and oxygen atoms in total. The maximum Gasteiger partial charge on any atom is 0.188 e. The molecule has 0 aliphatic heterocycles. The Morgan fingerprint density at radius 1 is 1.05 bits per heavy atom. The number of fused-ring (bicyclic) bond motifs is 1. The van der Waals surface area contributed by atoms with Crippen molar-refractivity contribution in [3.8, 4) is 11.3 Å². The Morgan fingerprint density at radius 3 is 2.40 bits per heavy atom. The van der Waals surface area contributed by atoms with Crippen LogP contribution < -0.4 is 0 Å². The summed E-state index contributed by atoms with van der Waals surface area (Å²) in [6.07, 6.45) is 1.38. The Balaban J connectivity index is 2.44. The number of aryl methyl sites for hydroxylation is 1. The molecule has 0 spiro atoms. The Hall–Kier alpha value is -2.61. The van der Waals surface area contributed by atoms with Crippen LogP contribution in [0.2, 0.25) is 0 Å². The van der Waals surface area contributed by atoms with Gasteiger partial charge in [0.2, 0.25) is 0 Å². The molecule has 0 saturated heterocycles. The lowest BCUT2D eigenvalue weighted by molar-refractivity contribution is 0.104. The molecule has 0 fully saturated rings. The van der Waals surface area contributed by atoms with Gasteiger partial charge in [0, 0.05) is 18.0 Å². The number of benzene rings is 2. The molecule has 0 amide bonds. The van der Waals surface area contributed by atoms with E-state index in [-0.39, 0.29) is 5.78 Å². The van der Waals surface area contributed by atoms with Gasteiger partial charge in [-0.05, 0) is 17.7 Å². The molecule has 0 bridgehead atoms. The first-order valence-corrected chi connectivity index (χ1v) is 6.53. The summed E-state index contributed by atoms with van der Waals surface area (Å²) in [6, 6.07) is 17.9. The fourth-order valence-electron chi connectivity index (χ4n) is 2.68. The summed E-state index contributed by atoms with van der Waals surface area (Å²) in [7, 11) is 1.99. The second-order valence-electron chi connectivity index (χ2n) is 4.73. The summed E-state index contributed by atoms with van der Waals surface area (Å²) in [4.78, 5) is 12.3. The molecule has 0 aliphatic carbocycles. The number of hydrogen-bond donors (Lipinski definition) is 0. The molecule has 1 aromatic heterocycles. The highest BCUT2D eigenvalue weighted by molar-refractivity contribution is 6.17. The zero-order valence-corrected chi connectivity index (χ0v) is 11.3. The molecule has 0 radical (unpaired) electrons. The van der Waals surface area contributed by atoms with Crippen LogP contribution in [0.5, 0.6) is 0 Å². The van der Waals surface area contributed by atoms with Crippen molar-refractivity contribution in [2.75, 3.05) is 0 Å². The van der Waals surface area contributed by atoms with Crippen molar-refractivity contribution in [1.82, 2.24) is 4.57 Å². The van der Waals surface area contributed by atoms with Crippen molar-refractivity contribution >= 4 is 16.7 Å². The fourth-order valence-corrected chi connectivity index (χ4v) is 2.68. The Labute approximate surface area is 118 Å². The van der Waals surface area contributed by atoms with Gasteiger partial charge in [-0.15, -0.1) is 0 Å². The molecule has 3 aromatic rings. The third-order valence-corrected chi connectivity index (χ3v) is 3.59. The molecule has 0 unspecified atom stereocenters. The Morgan fingerprint density at radius 2 is 1.70 bits per heavy atom. The molecule has 1 heterocycles. The molecule has 0 N–H and O–H groups in total. The quantitative estimate of drug-likeness (QED) is 0.511. The van der Waals surface area contributed by atoms with Crippen LogP contribution in [-0.4, -0.2) is 10.4 Å². The second-order valence-corrected chi connectivity index (χ2v) is 4.73. The van der Waals surface area contributed by atoms with E-state index in [2.05, 4.69) is 11.1 Å². The molecular weight excluding hydrogens is 246 g/mol. The van der Waals surface area contributed by atoms with E-state index in [1.54, 1.807) is 0 Å². The van der Waals surface area contributed by atoms with Crippen LogP contribution in [0.15, 0.2) is 67.3 Å². The molecule has 20 heavy (non-hydrogen) atoms. The van der Waals surface area contributed by atoms with Crippen molar-refractivity contribution < 1.29 is 4.79 Å². The maximum absolute atomic E-state index is 12.3. The number of hydrogen-bond acceptors (Lipinski definition) is 1. The van der Waals surface area contributed by atoms with Crippen LogP contribution in [0.1, 0.15) is 10.4 Å². The molecule has 2 aromatic carbocycles. The van der Waals surface area contributed by atoms with Crippen LogP contribution in [0.3, 0.4) is 0 Å². The van der Waals surface area contributed by atoms with Gasteiger partial charge in [0.1, 0.15) is 0 Å². The molecule has 98 valence electrons. The molecule has 2 heteroatoms. The Kier molecular flexibility index (Phi) is 2.99. The van der Waals surface area contributed by atoms with Crippen molar-refractivity contribution in [3.63, 3.8) is 0 Å². The second kappa shape index (κ2) is 4.82. The van der Waals surface area contributed by atoms with E-state index in [0.717, 1.165) is 27.7 Å². The highest BCUT2D eigenvalue weighted by atomic mass is 16.1. The van der Waals surface area contributed by atoms with Crippen LogP contribution in [0, 0.1) is 0 Å². The number of nitrogens with zero attached hydrogens (tertiary/aromatic N) is 1. The number of ketones is 1. The van der Waals surface area contributed by atoms with Gasteiger partial charge < -0.3 is 4.57 Å². The van der Waals surface area contributed by atoms with Crippen molar-refractivity contribution in [2.45, 2.75) is 0 Å². The SMILES string of the molecule is C=CC(=O)c1c(-c2ccccc2)n(C)c2ccccc12. The van der Waals surface area contributed by atoms with Crippen molar-refractivity contribution in [3.05, 3.63) is 72.8 Å². The maximum atomic E-state index is 12.3. The van der Waals surface area contributed by atoms with E-state index in [1.165, 1.54) is 6.08 Å². The van der Waals surface area contributed by atoms with E-state index >= 15 is 0 Å². The summed E-state index contributed by atoms with van der Waals surface area (Å²) in [5, 5.41) is 0.971. The van der Waals surface area contributed by atoms with E-state index in [9.17, 15) is 4.79 Å². The van der Waals surface area contributed by atoms with Gasteiger partial charge in [0.05, 0.1) is 11.3 Å². The molecule has 0 saturated carbocycles. The van der Waals surface area contributed by atoms with Gasteiger partial charge in [-0.25, -0.2) is 0 Å². The lowest BCUT2D eigenvalue weighted by Gasteiger charge is -2.06. The van der Waals surface area contributed by atoms with E-state index < -0.39 is 0 Å². The summed E-state index contributed by atoms with van der Waals surface area (Å²) in [5.74, 6) is -0.0411. The summed E-state index contributed by atoms with van der Waals surface area (Å²) in [5.41, 5.74) is 3.76. The third-order valence-electron chi connectivity index (χ3n) is 3.59. The molecule has 0 atom stereocenters. The van der Waals surface area contributed by atoms with Gasteiger partial charge in [-0.2, -0.15) is 0 Å². The predicted octanol–water partition coefficient (Wildman–Crippen LogP) is 4.21. The predicted molar refractivity (Wildman–Crippen MR) is 82.9 cm³/mol. The number of aromatic nitrogens is 1. The minimum atomic E-state index is -0.0411. The number of allylic oxidation sites excluding steroid dienone is 1. The number of rotatable bonds is 3. The van der Waals surface area contributed by atoms with E-state index in [4.69, 9.17) is 0 Å². The monoisotopic (exact) mass is 261 g/mol. The minimum absolute atomic E-state index is 0.0411. The first-order chi connectivity index (χ1) is 9.74. The van der Waals surface area contributed by atoms with Gasteiger partial charge in [0.25, 0.3) is 0 Å². The van der Waals surface area contributed by atoms with Gasteiger partial charge in [-0.1, -0.05) is 55.1 Å². The molecular formula is C18H15NO. The average molecular weight is 261 g/mol. The van der Waals surface area contributed by atoms with Crippen LogP contribution in [0.25, 0.3) is 22.2 Å². The summed E-state index contributed by atoms with van der Waals surface area (Å²) in [6.45, 7) is 3.63. The largest absolute Gasteiger partial charge is 0.343 e. The number of para-hydroxylation sites is 1. The van der Waals surface area contributed by atoms with Crippen molar-refractivity contribution in [2.24, 2.45) is 7.05 Å². The topological polar surface area (TPSA) is 22.0 Å². The van der Waals surface area contributed by atoms with Crippen LogP contribution >= 0.6 is 0 Å². The van der Waals surface area contributed by atoms with Crippen LogP contribution in [0.4, 0.5) is 0 Å². The molecule has 0 aliphatic rings. The first kappa shape index (κ1) is 12.4. The molecule has 3 rings (SSSR count). The lowest BCUT2D eigenvalue weighted by Crippen LogP contribution is -1.98. The van der Waals surface area contributed by atoms with E-state index in [1.807, 2.05) is 61.6 Å². The van der Waals surface area contributed by atoms with Gasteiger partial charge in [0.15, 0.2) is 5.78 Å². The van der Waals surface area contributed by atoms with Gasteiger partial charge in [-0.3, -0.25) is 4.79 Å².